The van der Waals surface area contributed by atoms with Gasteiger partial charge in [0, 0.05) is 56.3 Å². The standard InChI is InChI=1S/C25H36N6O6S/c1-38(36,37)30-12-10-29(11-13-30)20-14-21(23(32)28-19-8-6-18(7-9-19)25(34)35)31(15-20)24(33)17-4-2-16(3-5-17)22(26)27/h6-9,16-17,20-21H,2-5,10-15H2,1H3,(H3,26,27)(H,28,32)(H,34,35)/t16?,17?,20-,21-/m0/s1. The Labute approximate surface area is 222 Å². The lowest BCUT2D eigenvalue weighted by atomic mass is 9.80. The van der Waals surface area contributed by atoms with Gasteiger partial charge in [-0.25, -0.2) is 13.2 Å². The maximum absolute atomic E-state index is 13.7. The number of carboxylic acid groups (broad SMARTS) is 1. The van der Waals surface area contributed by atoms with E-state index < -0.39 is 22.0 Å². The van der Waals surface area contributed by atoms with Crippen LogP contribution in [-0.2, 0) is 19.6 Å². The molecule has 208 valence electrons. The zero-order valence-electron chi connectivity index (χ0n) is 21.5. The maximum atomic E-state index is 13.7. The molecule has 2 amide bonds. The first-order valence-electron chi connectivity index (χ1n) is 12.9. The smallest absolute Gasteiger partial charge is 0.335 e. The van der Waals surface area contributed by atoms with E-state index >= 15 is 0 Å². The number of benzene rings is 1. The minimum Gasteiger partial charge on any atom is -0.478 e. The number of nitrogens with one attached hydrogen (secondary N) is 2. The van der Waals surface area contributed by atoms with Crippen LogP contribution in [0.1, 0.15) is 42.5 Å². The number of likely N-dealkylation sites (tertiary alicyclic amines) is 1. The van der Waals surface area contributed by atoms with Crippen molar-refractivity contribution < 1.29 is 27.9 Å². The van der Waals surface area contributed by atoms with Crippen molar-refractivity contribution in [2.24, 2.45) is 17.6 Å². The molecule has 1 aliphatic carbocycles. The minimum atomic E-state index is -3.27. The second-order valence-corrected chi connectivity index (χ2v) is 12.5. The highest BCUT2D eigenvalue weighted by Crippen LogP contribution is 2.33. The Morgan fingerprint density at radius 2 is 1.58 bits per heavy atom. The summed E-state index contributed by atoms with van der Waals surface area (Å²) in [5.41, 5.74) is 6.22. The Kier molecular flexibility index (Phi) is 8.38. The number of anilines is 1. The number of amidine groups is 1. The molecule has 0 unspecified atom stereocenters. The summed E-state index contributed by atoms with van der Waals surface area (Å²) in [7, 11) is -3.27. The number of hydrogen-bond donors (Lipinski definition) is 4. The molecular weight excluding hydrogens is 512 g/mol. The highest BCUT2D eigenvalue weighted by Gasteiger charge is 2.44. The Morgan fingerprint density at radius 3 is 2.11 bits per heavy atom. The zero-order chi connectivity index (χ0) is 27.6. The van der Waals surface area contributed by atoms with Crippen molar-refractivity contribution in [3.8, 4) is 0 Å². The molecule has 1 aromatic carbocycles. The monoisotopic (exact) mass is 548 g/mol. The number of carbonyl (C=O) groups excluding carboxylic acids is 2. The molecule has 13 heteroatoms. The summed E-state index contributed by atoms with van der Waals surface area (Å²) in [5, 5.41) is 19.7. The van der Waals surface area contributed by atoms with Crippen molar-refractivity contribution >= 4 is 39.3 Å². The third-order valence-electron chi connectivity index (χ3n) is 8.04. The normalized spacial score (nSPS) is 27.1. The quantitative estimate of drug-likeness (QED) is 0.283. The maximum Gasteiger partial charge on any atom is 0.335 e. The highest BCUT2D eigenvalue weighted by atomic mass is 32.2. The molecule has 0 aromatic heterocycles. The van der Waals surface area contributed by atoms with Crippen LogP contribution in [-0.4, -0.2) is 102 Å². The molecule has 1 aromatic rings. The van der Waals surface area contributed by atoms with Crippen LogP contribution in [0.25, 0.3) is 0 Å². The predicted octanol–water partition coefficient (Wildman–Crippen LogP) is 0.612. The van der Waals surface area contributed by atoms with Gasteiger partial charge in [0.05, 0.1) is 17.7 Å². The van der Waals surface area contributed by atoms with Crippen molar-refractivity contribution in [1.29, 1.82) is 5.41 Å². The number of sulfonamides is 1. The minimum absolute atomic E-state index is 0.00983. The fourth-order valence-electron chi connectivity index (χ4n) is 5.78. The van der Waals surface area contributed by atoms with Crippen LogP contribution >= 0.6 is 0 Å². The van der Waals surface area contributed by atoms with E-state index in [-0.39, 0.29) is 41.1 Å². The van der Waals surface area contributed by atoms with E-state index in [1.54, 1.807) is 4.90 Å². The summed E-state index contributed by atoms with van der Waals surface area (Å²) in [5.74, 6) is -1.58. The molecule has 38 heavy (non-hydrogen) atoms. The Balaban J connectivity index is 1.48. The van der Waals surface area contributed by atoms with Crippen molar-refractivity contribution in [1.82, 2.24) is 14.1 Å². The number of carbonyl (C=O) groups is 3. The molecule has 0 spiro atoms. The van der Waals surface area contributed by atoms with Gasteiger partial charge in [-0.1, -0.05) is 0 Å². The van der Waals surface area contributed by atoms with Crippen LogP contribution in [0.3, 0.4) is 0 Å². The number of nitrogens with two attached hydrogens (primary N) is 1. The molecule has 3 fully saturated rings. The van der Waals surface area contributed by atoms with Gasteiger partial charge in [-0.3, -0.25) is 19.9 Å². The lowest BCUT2D eigenvalue weighted by Crippen LogP contribution is -2.52. The van der Waals surface area contributed by atoms with Crippen molar-refractivity contribution in [3.63, 3.8) is 0 Å². The largest absolute Gasteiger partial charge is 0.478 e. The van der Waals surface area contributed by atoms with Crippen LogP contribution in [0.15, 0.2) is 24.3 Å². The van der Waals surface area contributed by atoms with Crippen LogP contribution in [0.4, 0.5) is 5.69 Å². The molecule has 3 aliphatic rings. The first-order valence-corrected chi connectivity index (χ1v) is 14.8. The fourth-order valence-corrected chi connectivity index (χ4v) is 6.60. The van der Waals surface area contributed by atoms with Gasteiger partial charge in [-0.15, -0.1) is 0 Å². The average Bonchev–Trinajstić information content (AvgIpc) is 3.34. The third kappa shape index (κ3) is 6.33. The van der Waals surface area contributed by atoms with Gasteiger partial charge in [0.1, 0.15) is 6.04 Å². The number of hydrogen-bond acceptors (Lipinski definition) is 7. The first kappa shape index (κ1) is 28.0. The van der Waals surface area contributed by atoms with E-state index in [0.29, 0.717) is 70.5 Å². The number of rotatable bonds is 7. The lowest BCUT2D eigenvalue weighted by molar-refractivity contribution is -0.141. The Hall–Kier alpha value is -3.03. The molecule has 2 atom stereocenters. The van der Waals surface area contributed by atoms with E-state index in [1.165, 1.54) is 34.8 Å². The molecule has 1 saturated carbocycles. The molecular formula is C25H36N6O6S. The van der Waals surface area contributed by atoms with Gasteiger partial charge < -0.3 is 21.1 Å². The number of piperazine rings is 1. The number of aromatic carboxylic acids is 1. The van der Waals surface area contributed by atoms with Gasteiger partial charge >= 0.3 is 5.97 Å². The zero-order valence-corrected chi connectivity index (χ0v) is 22.3. The van der Waals surface area contributed by atoms with E-state index in [1.807, 2.05) is 0 Å². The molecule has 5 N–H and O–H groups in total. The predicted molar refractivity (Wildman–Crippen MR) is 141 cm³/mol. The number of amides is 2. The summed E-state index contributed by atoms with van der Waals surface area (Å²) in [6, 6.07) is 5.07. The second-order valence-electron chi connectivity index (χ2n) is 10.5. The van der Waals surface area contributed by atoms with Gasteiger partial charge in [0.25, 0.3) is 0 Å². The summed E-state index contributed by atoms with van der Waals surface area (Å²) in [6.45, 7) is 2.15. The van der Waals surface area contributed by atoms with E-state index in [4.69, 9.17) is 16.2 Å². The summed E-state index contributed by atoms with van der Waals surface area (Å²) >= 11 is 0. The number of nitrogens with zero attached hydrogens (tertiary/aromatic N) is 3. The Morgan fingerprint density at radius 1 is 1.00 bits per heavy atom. The van der Waals surface area contributed by atoms with Crippen molar-refractivity contribution in [2.75, 3.05) is 44.3 Å². The van der Waals surface area contributed by atoms with Gasteiger partial charge in [-0.2, -0.15) is 4.31 Å². The van der Waals surface area contributed by atoms with E-state index in [9.17, 15) is 22.8 Å². The first-order chi connectivity index (χ1) is 17.9. The van der Waals surface area contributed by atoms with Gasteiger partial charge in [0.2, 0.25) is 21.8 Å². The summed E-state index contributed by atoms with van der Waals surface area (Å²) < 4.78 is 25.3. The second kappa shape index (κ2) is 11.4. The van der Waals surface area contributed by atoms with E-state index in [2.05, 4.69) is 10.2 Å². The lowest BCUT2D eigenvalue weighted by Gasteiger charge is -2.37. The fraction of sp³-hybridized carbons (Fsp3) is 0.600. The van der Waals surface area contributed by atoms with Crippen LogP contribution < -0.4 is 11.1 Å². The van der Waals surface area contributed by atoms with Gasteiger partial charge in [0.15, 0.2) is 0 Å². The van der Waals surface area contributed by atoms with Crippen LogP contribution in [0.5, 0.6) is 0 Å². The summed E-state index contributed by atoms with van der Waals surface area (Å²) in [4.78, 5) is 42.0. The summed E-state index contributed by atoms with van der Waals surface area (Å²) in [6.07, 6.45) is 4.19. The average molecular weight is 549 g/mol. The van der Waals surface area contributed by atoms with Crippen molar-refractivity contribution in [3.05, 3.63) is 29.8 Å². The van der Waals surface area contributed by atoms with Crippen LogP contribution in [0, 0.1) is 17.2 Å². The van der Waals surface area contributed by atoms with Gasteiger partial charge in [-0.05, 0) is 56.4 Å². The number of carboxylic acids is 1. The Bertz CT molecular complexity index is 1170. The molecule has 12 nitrogen and oxygen atoms in total. The molecule has 2 saturated heterocycles. The molecule has 0 radical (unpaired) electrons. The van der Waals surface area contributed by atoms with Crippen LogP contribution in [0.2, 0.25) is 0 Å². The topological polar surface area (TPSA) is 177 Å². The SMILES string of the molecule is CS(=O)(=O)N1CCN([C@H]2C[C@@H](C(=O)Nc3ccc(C(=O)O)cc3)N(C(=O)C3CCC(C(=N)N)CC3)C2)CC1. The molecule has 4 rings (SSSR count). The third-order valence-corrected chi connectivity index (χ3v) is 9.34. The molecule has 2 aliphatic heterocycles. The molecule has 2 heterocycles. The highest BCUT2D eigenvalue weighted by molar-refractivity contribution is 7.88. The molecule has 0 bridgehead atoms. The van der Waals surface area contributed by atoms with Crippen molar-refractivity contribution in [2.45, 2.75) is 44.2 Å². The van der Waals surface area contributed by atoms with E-state index in [0.717, 1.165) is 0 Å².